The summed E-state index contributed by atoms with van der Waals surface area (Å²) in [6, 6.07) is 12.0. The van der Waals surface area contributed by atoms with Gasteiger partial charge in [0, 0.05) is 10.7 Å². The van der Waals surface area contributed by atoms with Crippen LogP contribution in [-0.4, -0.2) is 26.1 Å². The number of halogens is 2. The third-order valence-corrected chi connectivity index (χ3v) is 4.87. The molecule has 0 saturated carbocycles. The molecule has 0 saturated heterocycles. The number of amides is 1. The highest BCUT2D eigenvalue weighted by molar-refractivity contribution is 6.33. The number of nitrogens with zero attached hydrogens (tertiary/aromatic N) is 1. The lowest BCUT2D eigenvalue weighted by Gasteiger charge is -2.19. The number of benzene rings is 2. The molecule has 0 radical (unpaired) electrons. The van der Waals surface area contributed by atoms with Gasteiger partial charge >= 0.3 is 5.97 Å². The number of anilines is 1. The van der Waals surface area contributed by atoms with Gasteiger partial charge in [-0.05, 0) is 48.9 Å². The molecule has 2 aromatic rings. The van der Waals surface area contributed by atoms with Crippen molar-refractivity contribution in [3.05, 3.63) is 74.9 Å². The van der Waals surface area contributed by atoms with E-state index in [1.807, 2.05) is 0 Å². The van der Waals surface area contributed by atoms with E-state index >= 15 is 0 Å². The zero-order valence-corrected chi connectivity index (χ0v) is 17.0. The Balaban J connectivity index is 2.14. The molecule has 0 atom stereocenters. The number of hydrogen-bond donors (Lipinski definition) is 0. The molecular formula is C21H17Cl2NO4. The molecule has 144 valence electrons. The van der Waals surface area contributed by atoms with Crippen LogP contribution in [0.3, 0.4) is 0 Å². The molecule has 2 aromatic carbocycles. The summed E-state index contributed by atoms with van der Waals surface area (Å²) in [7, 11) is 2.78. The average Bonchev–Trinajstić information content (AvgIpc) is 2.91. The Kier molecular flexibility index (Phi) is 5.77. The summed E-state index contributed by atoms with van der Waals surface area (Å²) < 4.78 is 10.1. The average molecular weight is 418 g/mol. The molecule has 28 heavy (non-hydrogen) atoms. The van der Waals surface area contributed by atoms with Gasteiger partial charge in [0.2, 0.25) is 0 Å². The molecule has 5 nitrogen and oxygen atoms in total. The highest BCUT2D eigenvalue weighted by Crippen LogP contribution is 2.38. The maximum Gasteiger partial charge on any atom is 0.340 e. The van der Waals surface area contributed by atoms with Gasteiger partial charge in [0.1, 0.15) is 5.75 Å². The molecule has 0 spiro atoms. The van der Waals surface area contributed by atoms with E-state index in [4.69, 9.17) is 32.7 Å². The first-order chi connectivity index (χ1) is 13.4. The van der Waals surface area contributed by atoms with E-state index in [9.17, 15) is 9.59 Å². The van der Waals surface area contributed by atoms with Crippen molar-refractivity contribution in [3.8, 4) is 5.75 Å². The zero-order valence-electron chi connectivity index (χ0n) is 15.5. The standard InChI is InChI=1S/C21H17Cl2NO4/c1-12-19(21(26)28-3)16(10-13-5-4-6-14(22)9-13)20(25)24(12)15-7-8-18(27-2)17(23)11-15/h4-11H,1-3H3/b16-10-. The fourth-order valence-electron chi connectivity index (χ4n) is 3.05. The second kappa shape index (κ2) is 8.09. The zero-order chi connectivity index (χ0) is 20.4. The third-order valence-electron chi connectivity index (χ3n) is 4.34. The quantitative estimate of drug-likeness (QED) is 0.525. The first-order valence-corrected chi connectivity index (χ1v) is 9.07. The van der Waals surface area contributed by atoms with Crippen molar-refractivity contribution in [2.45, 2.75) is 6.92 Å². The second-order valence-electron chi connectivity index (χ2n) is 6.02. The van der Waals surface area contributed by atoms with Crippen molar-refractivity contribution in [1.29, 1.82) is 0 Å². The van der Waals surface area contributed by atoms with E-state index in [1.165, 1.54) is 19.1 Å². The van der Waals surface area contributed by atoms with Crippen LogP contribution in [0.25, 0.3) is 6.08 Å². The highest BCUT2D eigenvalue weighted by Gasteiger charge is 2.38. The first kappa shape index (κ1) is 20.0. The number of rotatable bonds is 4. The summed E-state index contributed by atoms with van der Waals surface area (Å²) in [6.45, 7) is 1.68. The highest BCUT2D eigenvalue weighted by atomic mass is 35.5. The van der Waals surface area contributed by atoms with Crippen molar-refractivity contribution in [3.63, 3.8) is 0 Å². The summed E-state index contributed by atoms with van der Waals surface area (Å²) in [5.74, 6) is -0.470. The monoisotopic (exact) mass is 417 g/mol. The minimum Gasteiger partial charge on any atom is -0.495 e. The van der Waals surface area contributed by atoms with Crippen molar-refractivity contribution < 1.29 is 19.1 Å². The Morgan fingerprint density at radius 2 is 1.86 bits per heavy atom. The number of ether oxygens (including phenoxy) is 2. The summed E-state index contributed by atoms with van der Waals surface area (Å²) >= 11 is 12.3. The number of carbonyl (C=O) groups excluding carboxylic acids is 2. The van der Waals surface area contributed by atoms with Crippen molar-refractivity contribution in [2.24, 2.45) is 0 Å². The van der Waals surface area contributed by atoms with Crippen molar-refractivity contribution in [1.82, 2.24) is 0 Å². The Morgan fingerprint density at radius 1 is 1.11 bits per heavy atom. The summed E-state index contributed by atoms with van der Waals surface area (Å²) in [5, 5.41) is 0.881. The number of methoxy groups -OCH3 is 2. The normalized spacial score (nSPS) is 15.4. The molecule has 3 rings (SSSR count). The SMILES string of the molecule is COC(=O)C1=C(C)N(c2ccc(OC)c(Cl)c2)C(=O)/C1=C\c1cccc(Cl)c1. The second-order valence-corrected chi connectivity index (χ2v) is 6.87. The molecular weight excluding hydrogens is 401 g/mol. The fraction of sp³-hybridized carbons (Fsp3) is 0.143. The maximum absolute atomic E-state index is 13.2. The maximum atomic E-state index is 13.2. The minimum absolute atomic E-state index is 0.194. The number of carbonyl (C=O) groups is 2. The van der Waals surface area contributed by atoms with E-state index in [0.717, 1.165) is 0 Å². The molecule has 0 N–H and O–H groups in total. The molecule has 1 amide bonds. The van der Waals surface area contributed by atoms with E-state index < -0.39 is 5.97 Å². The van der Waals surface area contributed by atoms with Gasteiger partial charge in [-0.3, -0.25) is 9.69 Å². The molecule has 0 unspecified atom stereocenters. The molecule has 0 aliphatic carbocycles. The Morgan fingerprint density at radius 3 is 2.46 bits per heavy atom. The van der Waals surface area contributed by atoms with Crippen LogP contribution >= 0.6 is 23.2 Å². The van der Waals surface area contributed by atoms with Gasteiger partial charge in [-0.2, -0.15) is 0 Å². The van der Waals surface area contributed by atoms with Gasteiger partial charge in [0.25, 0.3) is 5.91 Å². The number of esters is 1. The van der Waals surface area contributed by atoms with Crippen LogP contribution in [0.4, 0.5) is 5.69 Å². The minimum atomic E-state index is -0.596. The molecule has 0 bridgehead atoms. The van der Waals surface area contributed by atoms with Crippen LogP contribution in [0.15, 0.2) is 59.3 Å². The van der Waals surface area contributed by atoms with Crippen LogP contribution in [0.5, 0.6) is 5.75 Å². The first-order valence-electron chi connectivity index (χ1n) is 8.32. The largest absolute Gasteiger partial charge is 0.495 e. The predicted octanol–water partition coefficient (Wildman–Crippen LogP) is 4.88. The molecule has 1 heterocycles. The molecule has 1 aliphatic heterocycles. The van der Waals surface area contributed by atoms with Crippen LogP contribution in [0.2, 0.25) is 10.0 Å². The predicted molar refractivity (Wildman–Crippen MR) is 110 cm³/mol. The van der Waals surface area contributed by atoms with Gasteiger partial charge in [-0.15, -0.1) is 0 Å². The van der Waals surface area contributed by atoms with Crippen LogP contribution < -0.4 is 9.64 Å². The molecule has 1 aliphatic rings. The van der Waals surface area contributed by atoms with Gasteiger partial charge < -0.3 is 9.47 Å². The molecule has 0 fully saturated rings. The van der Waals surface area contributed by atoms with Gasteiger partial charge in [-0.1, -0.05) is 35.3 Å². The van der Waals surface area contributed by atoms with E-state index in [2.05, 4.69) is 0 Å². The molecule has 0 aromatic heterocycles. The summed E-state index contributed by atoms with van der Waals surface area (Å²) in [6.07, 6.45) is 1.62. The molecule has 7 heteroatoms. The van der Waals surface area contributed by atoms with Gasteiger partial charge in [0.15, 0.2) is 0 Å². The fourth-order valence-corrected chi connectivity index (χ4v) is 3.50. The third kappa shape index (κ3) is 3.63. The van der Waals surface area contributed by atoms with Crippen LogP contribution in [0, 0.1) is 0 Å². The topological polar surface area (TPSA) is 55.8 Å². The van der Waals surface area contributed by atoms with Crippen LogP contribution in [-0.2, 0) is 14.3 Å². The Bertz CT molecular complexity index is 1030. The number of allylic oxidation sites excluding steroid dienone is 1. The van der Waals surface area contributed by atoms with Gasteiger partial charge in [0.05, 0.1) is 36.1 Å². The van der Waals surface area contributed by atoms with Gasteiger partial charge in [-0.25, -0.2) is 4.79 Å². The smallest absolute Gasteiger partial charge is 0.340 e. The lowest BCUT2D eigenvalue weighted by atomic mass is 10.0. The lowest BCUT2D eigenvalue weighted by molar-refractivity contribution is -0.136. The van der Waals surface area contributed by atoms with Crippen molar-refractivity contribution in [2.75, 3.05) is 19.1 Å². The van der Waals surface area contributed by atoms with E-state index in [1.54, 1.807) is 55.5 Å². The lowest BCUT2D eigenvalue weighted by Crippen LogP contribution is -2.24. The van der Waals surface area contributed by atoms with Crippen molar-refractivity contribution >= 4 is 46.8 Å². The van der Waals surface area contributed by atoms with E-state index in [-0.39, 0.29) is 17.1 Å². The van der Waals surface area contributed by atoms with E-state index in [0.29, 0.717) is 32.7 Å². The Hall–Kier alpha value is -2.76. The van der Waals surface area contributed by atoms with Crippen LogP contribution in [0.1, 0.15) is 12.5 Å². The Labute approximate surface area is 172 Å². The summed E-state index contributed by atoms with van der Waals surface area (Å²) in [5.41, 5.74) is 2.08. The summed E-state index contributed by atoms with van der Waals surface area (Å²) in [4.78, 5) is 27.0. The number of hydrogen-bond acceptors (Lipinski definition) is 4.